The zero-order valence-corrected chi connectivity index (χ0v) is 14.3. The monoisotopic (exact) mass is 330 g/mol. The van der Waals surface area contributed by atoms with Crippen LogP contribution in [0.4, 0.5) is 5.82 Å². The highest BCUT2D eigenvalue weighted by Crippen LogP contribution is 2.42. The molecular weight excluding hydrogens is 304 g/mol. The van der Waals surface area contributed by atoms with Crippen molar-refractivity contribution in [3.05, 3.63) is 18.1 Å². The van der Waals surface area contributed by atoms with Crippen LogP contribution in [0, 0.1) is 24.7 Å². The molecule has 1 aromatic rings. The lowest BCUT2D eigenvalue weighted by molar-refractivity contribution is -0.128. The third-order valence-corrected chi connectivity index (χ3v) is 5.67. The Labute approximate surface area is 143 Å². The molecule has 4 rings (SSSR count). The van der Waals surface area contributed by atoms with Crippen LogP contribution in [0.25, 0.3) is 0 Å². The van der Waals surface area contributed by atoms with E-state index in [9.17, 15) is 4.79 Å². The summed E-state index contributed by atoms with van der Waals surface area (Å²) in [7, 11) is 0. The van der Waals surface area contributed by atoms with Gasteiger partial charge in [0, 0.05) is 50.5 Å². The summed E-state index contributed by atoms with van der Waals surface area (Å²) in [5.74, 6) is 2.59. The number of anilines is 1. The Morgan fingerprint density at radius 2 is 1.92 bits per heavy atom. The molecule has 6 nitrogen and oxygen atoms in total. The molecule has 1 amide bonds. The van der Waals surface area contributed by atoms with Crippen molar-refractivity contribution in [3.8, 4) is 0 Å². The summed E-state index contributed by atoms with van der Waals surface area (Å²) in [5.41, 5.74) is 0.962. The molecule has 2 saturated heterocycles. The second kappa shape index (κ2) is 6.67. The quantitative estimate of drug-likeness (QED) is 0.907. The number of aryl methyl sites for hydroxylation is 1. The van der Waals surface area contributed by atoms with E-state index in [1.165, 1.54) is 12.8 Å². The zero-order valence-electron chi connectivity index (χ0n) is 14.3. The molecule has 2 aliphatic heterocycles. The molecule has 3 aliphatic rings. The summed E-state index contributed by atoms with van der Waals surface area (Å²) < 4.78 is 5.37. The smallest absolute Gasteiger partial charge is 0.223 e. The maximum absolute atomic E-state index is 12.6. The van der Waals surface area contributed by atoms with E-state index < -0.39 is 0 Å². The molecule has 1 N–H and O–H groups in total. The minimum Gasteiger partial charge on any atom is -0.381 e. The lowest BCUT2D eigenvalue weighted by Gasteiger charge is -2.25. The van der Waals surface area contributed by atoms with E-state index in [0.29, 0.717) is 19.1 Å². The predicted molar refractivity (Wildman–Crippen MR) is 90.7 cm³/mol. The number of carbonyl (C=O) groups is 1. The summed E-state index contributed by atoms with van der Waals surface area (Å²) in [4.78, 5) is 23.8. The van der Waals surface area contributed by atoms with Gasteiger partial charge in [0.15, 0.2) is 0 Å². The van der Waals surface area contributed by atoms with Gasteiger partial charge in [-0.2, -0.15) is 0 Å². The summed E-state index contributed by atoms with van der Waals surface area (Å²) >= 11 is 0. The van der Waals surface area contributed by atoms with Gasteiger partial charge >= 0.3 is 0 Å². The maximum Gasteiger partial charge on any atom is 0.223 e. The van der Waals surface area contributed by atoms with E-state index in [4.69, 9.17) is 4.74 Å². The molecule has 2 atom stereocenters. The van der Waals surface area contributed by atoms with Crippen LogP contribution >= 0.6 is 0 Å². The Bertz CT molecular complexity index is 598. The number of rotatable bonds is 4. The number of amides is 1. The first kappa shape index (κ1) is 15.8. The fourth-order valence-electron chi connectivity index (χ4n) is 4.13. The zero-order chi connectivity index (χ0) is 16.5. The lowest BCUT2D eigenvalue weighted by atomic mass is 9.95. The topological polar surface area (TPSA) is 67.4 Å². The SMILES string of the molecule is Cc1nccnc1N1C[C@@H](NC(=O)C2CCOCC2)[C@H](C2CC2)C1. The van der Waals surface area contributed by atoms with Crippen LogP contribution in [0.3, 0.4) is 0 Å². The van der Waals surface area contributed by atoms with Crippen LogP contribution in [-0.2, 0) is 9.53 Å². The van der Waals surface area contributed by atoms with Crippen molar-refractivity contribution < 1.29 is 9.53 Å². The Morgan fingerprint density at radius 3 is 2.62 bits per heavy atom. The number of hydrogen-bond acceptors (Lipinski definition) is 5. The van der Waals surface area contributed by atoms with E-state index in [1.807, 2.05) is 6.92 Å². The first-order valence-corrected chi connectivity index (χ1v) is 9.13. The van der Waals surface area contributed by atoms with Crippen molar-refractivity contribution in [2.45, 2.75) is 38.6 Å². The number of nitrogens with one attached hydrogen (secondary N) is 1. The number of aromatic nitrogens is 2. The number of hydrogen-bond donors (Lipinski definition) is 1. The van der Waals surface area contributed by atoms with Crippen molar-refractivity contribution >= 4 is 11.7 Å². The van der Waals surface area contributed by atoms with Gasteiger partial charge in [-0.1, -0.05) is 0 Å². The van der Waals surface area contributed by atoms with Crippen molar-refractivity contribution in [1.29, 1.82) is 0 Å². The van der Waals surface area contributed by atoms with E-state index in [0.717, 1.165) is 43.4 Å². The highest BCUT2D eigenvalue weighted by molar-refractivity contribution is 5.79. The molecule has 0 aromatic carbocycles. The second-order valence-corrected chi connectivity index (χ2v) is 7.37. The average Bonchev–Trinajstić information content (AvgIpc) is 3.37. The molecule has 1 aliphatic carbocycles. The van der Waals surface area contributed by atoms with Crippen LogP contribution in [0.2, 0.25) is 0 Å². The molecule has 0 spiro atoms. The standard InChI is InChI=1S/C18H26N4O2/c1-12-17(20-7-6-19-12)22-10-15(13-2-3-13)16(11-22)21-18(23)14-4-8-24-9-5-14/h6-7,13-16H,2-5,8-11H2,1H3,(H,21,23)/t15-,16+/m0/s1. The van der Waals surface area contributed by atoms with Crippen molar-refractivity contribution in [3.63, 3.8) is 0 Å². The fourth-order valence-corrected chi connectivity index (χ4v) is 4.13. The Balaban J connectivity index is 1.45. The van der Waals surface area contributed by atoms with E-state index in [-0.39, 0.29) is 17.9 Å². The van der Waals surface area contributed by atoms with Crippen LogP contribution < -0.4 is 10.2 Å². The molecule has 1 aromatic heterocycles. The Hall–Kier alpha value is -1.69. The van der Waals surface area contributed by atoms with Gasteiger partial charge in [0.1, 0.15) is 5.82 Å². The molecule has 130 valence electrons. The molecule has 0 bridgehead atoms. The van der Waals surface area contributed by atoms with Crippen molar-refractivity contribution in [1.82, 2.24) is 15.3 Å². The number of carbonyl (C=O) groups excluding carboxylic acids is 1. The summed E-state index contributed by atoms with van der Waals surface area (Å²) in [6.07, 6.45) is 7.77. The van der Waals surface area contributed by atoms with E-state index >= 15 is 0 Å². The highest BCUT2D eigenvalue weighted by Gasteiger charge is 2.44. The number of nitrogens with zero attached hydrogens (tertiary/aromatic N) is 3. The molecular formula is C18H26N4O2. The summed E-state index contributed by atoms with van der Waals surface area (Å²) in [5, 5.41) is 3.35. The first-order chi connectivity index (χ1) is 11.7. The molecule has 1 saturated carbocycles. The van der Waals surface area contributed by atoms with Gasteiger partial charge in [-0.25, -0.2) is 4.98 Å². The molecule has 6 heteroatoms. The number of ether oxygens (including phenoxy) is 1. The maximum atomic E-state index is 12.6. The minimum atomic E-state index is 0.117. The highest BCUT2D eigenvalue weighted by atomic mass is 16.5. The second-order valence-electron chi connectivity index (χ2n) is 7.37. The van der Waals surface area contributed by atoms with Gasteiger partial charge in [0.2, 0.25) is 5.91 Å². The van der Waals surface area contributed by atoms with Gasteiger partial charge < -0.3 is 15.0 Å². The first-order valence-electron chi connectivity index (χ1n) is 9.13. The van der Waals surface area contributed by atoms with Crippen LogP contribution in [0.15, 0.2) is 12.4 Å². The van der Waals surface area contributed by atoms with Crippen molar-refractivity contribution in [2.24, 2.45) is 17.8 Å². The van der Waals surface area contributed by atoms with Gasteiger partial charge in [-0.05, 0) is 38.5 Å². The van der Waals surface area contributed by atoms with Gasteiger partial charge in [-0.15, -0.1) is 0 Å². The van der Waals surface area contributed by atoms with E-state index in [2.05, 4.69) is 20.2 Å². The molecule has 3 heterocycles. The van der Waals surface area contributed by atoms with Crippen LogP contribution in [0.1, 0.15) is 31.4 Å². The fraction of sp³-hybridized carbons (Fsp3) is 0.722. The van der Waals surface area contributed by atoms with Crippen LogP contribution in [-0.4, -0.2) is 48.2 Å². The van der Waals surface area contributed by atoms with Crippen molar-refractivity contribution in [2.75, 3.05) is 31.2 Å². The average molecular weight is 330 g/mol. The van der Waals surface area contributed by atoms with Gasteiger partial charge in [0.25, 0.3) is 0 Å². The van der Waals surface area contributed by atoms with Gasteiger partial charge in [0.05, 0.1) is 11.7 Å². The largest absolute Gasteiger partial charge is 0.381 e. The molecule has 0 radical (unpaired) electrons. The predicted octanol–water partition coefficient (Wildman–Crippen LogP) is 1.54. The third-order valence-electron chi connectivity index (χ3n) is 5.67. The molecule has 3 fully saturated rings. The molecule has 24 heavy (non-hydrogen) atoms. The van der Waals surface area contributed by atoms with Crippen LogP contribution in [0.5, 0.6) is 0 Å². The lowest BCUT2D eigenvalue weighted by Crippen LogP contribution is -2.45. The van der Waals surface area contributed by atoms with E-state index in [1.54, 1.807) is 12.4 Å². The van der Waals surface area contributed by atoms with Gasteiger partial charge in [-0.3, -0.25) is 9.78 Å². The Morgan fingerprint density at radius 1 is 1.17 bits per heavy atom. The molecule has 0 unspecified atom stereocenters. The Kier molecular flexibility index (Phi) is 4.39. The summed E-state index contributed by atoms with van der Waals surface area (Å²) in [6.45, 7) is 5.24. The minimum absolute atomic E-state index is 0.117. The summed E-state index contributed by atoms with van der Waals surface area (Å²) in [6, 6.07) is 0.231. The third kappa shape index (κ3) is 3.24. The normalized spacial score (nSPS) is 28.1.